The van der Waals surface area contributed by atoms with Crippen molar-refractivity contribution in [3.05, 3.63) is 125 Å². The van der Waals surface area contributed by atoms with Gasteiger partial charge < -0.3 is 9.15 Å². The Morgan fingerprint density at radius 1 is 0.929 bits per heavy atom. The maximum absolute atomic E-state index is 14.1. The summed E-state index contributed by atoms with van der Waals surface area (Å²) in [6.45, 7) is 3.92. The Labute approximate surface area is 245 Å². The summed E-state index contributed by atoms with van der Waals surface area (Å²) in [5.41, 5.74) is 4.81. The van der Waals surface area contributed by atoms with Gasteiger partial charge in [-0.25, -0.2) is 13.2 Å². The van der Waals surface area contributed by atoms with E-state index in [1.54, 1.807) is 32.0 Å². The molecule has 0 aliphatic heterocycles. The summed E-state index contributed by atoms with van der Waals surface area (Å²) in [7, 11) is -3.99. The Morgan fingerprint density at radius 2 is 1.64 bits per heavy atom. The second kappa shape index (κ2) is 12.4. The molecule has 42 heavy (non-hydrogen) atoms. The first-order valence-electron chi connectivity index (χ1n) is 13.6. The number of nitrogens with zero attached hydrogens (tertiary/aromatic N) is 2. The number of benzene rings is 4. The van der Waals surface area contributed by atoms with Gasteiger partial charge in [-0.3, -0.25) is 0 Å². The van der Waals surface area contributed by atoms with Gasteiger partial charge in [0, 0.05) is 24.0 Å². The Morgan fingerprint density at radius 3 is 2.33 bits per heavy atom. The van der Waals surface area contributed by atoms with Crippen LogP contribution in [0.3, 0.4) is 0 Å². The molecular weight excluding hydrogens is 548 g/mol. The van der Waals surface area contributed by atoms with Gasteiger partial charge in [0.15, 0.2) is 0 Å². The molecule has 1 aromatic heterocycles. The number of aryl methyl sites for hydroxylation is 1. The molecule has 0 aliphatic rings. The largest absolute Gasteiger partial charge is 0.460 e. The number of hydrogen-bond acceptors (Lipinski definition) is 6. The Hall–Kier alpha value is -4.71. The quantitative estimate of drug-likeness (QED) is 0.167. The zero-order valence-corrected chi connectivity index (χ0v) is 24.2. The molecule has 5 aromatic rings. The van der Waals surface area contributed by atoms with Crippen molar-refractivity contribution in [3.8, 4) is 17.2 Å². The fraction of sp³-hybridized carbons (Fsp3) is 0.176. The first-order valence-corrected chi connectivity index (χ1v) is 15.1. The Kier molecular flexibility index (Phi) is 8.53. The summed E-state index contributed by atoms with van der Waals surface area (Å²) in [5, 5.41) is 10.4. The SMILES string of the molecule is CCOC(=O)c1oc2ccc(S(=O)(=O)N(CCc3ccccc3)Cc3ccc(-c4ccccc4)c(C#N)c3)cc2c1C. The first kappa shape index (κ1) is 28.8. The Balaban J connectivity index is 1.51. The molecule has 0 spiro atoms. The highest BCUT2D eigenvalue weighted by Crippen LogP contribution is 2.31. The van der Waals surface area contributed by atoms with Gasteiger partial charge in [0.2, 0.25) is 15.8 Å². The number of fused-ring (bicyclic) bond motifs is 1. The third kappa shape index (κ3) is 5.98. The number of carbonyl (C=O) groups is 1. The van der Waals surface area contributed by atoms with Crippen LogP contribution in [-0.2, 0) is 27.7 Å². The van der Waals surface area contributed by atoms with Crippen LogP contribution < -0.4 is 0 Å². The van der Waals surface area contributed by atoms with Gasteiger partial charge in [0.25, 0.3) is 0 Å². The minimum atomic E-state index is -3.99. The van der Waals surface area contributed by atoms with E-state index in [1.807, 2.05) is 72.8 Å². The van der Waals surface area contributed by atoms with E-state index >= 15 is 0 Å². The number of nitriles is 1. The highest BCUT2D eigenvalue weighted by Gasteiger charge is 2.27. The Bertz CT molecular complexity index is 1870. The molecule has 0 N–H and O–H groups in total. The summed E-state index contributed by atoms with van der Waals surface area (Å²) in [6, 6.07) is 31.7. The van der Waals surface area contributed by atoms with Gasteiger partial charge >= 0.3 is 5.97 Å². The lowest BCUT2D eigenvalue weighted by Gasteiger charge is -2.23. The monoisotopic (exact) mass is 578 g/mol. The third-order valence-electron chi connectivity index (χ3n) is 7.15. The third-order valence-corrected chi connectivity index (χ3v) is 8.99. The predicted octanol–water partition coefficient (Wildman–Crippen LogP) is 6.89. The molecule has 212 valence electrons. The van der Waals surface area contributed by atoms with Crippen molar-refractivity contribution in [3.63, 3.8) is 0 Å². The number of sulfonamides is 1. The molecule has 8 heteroatoms. The van der Waals surface area contributed by atoms with Crippen LogP contribution in [0.5, 0.6) is 0 Å². The molecule has 7 nitrogen and oxygen atoms in total. The topological polar surface area (TPSA) is 101 Å². The zero-order chi connectivity index (χ0) is 29.7. The molecule has 0 bridgehead atoms. The van der Waals surface area contributed by atoms with Crippen molar-refractivity contribution in [2.45, 2.75) is 31.7 Å². The summed E-state index contributed by atoms with van der Waals surface area (Å²) in [6.07, 6.45) is 0.507. The number of furan rings is 1. The second-order valence-electron chi connectivity index (χ2n) is 9.87. The fourth-order valence-corrected chi connectivity index (χ4v) is 6.39. The van der Waals surface area contributed by atoms with Gasteiger partial charge in [-0.2, -0.15) is 9.57 Å². The van der Waals surface area contributed by atoms with Crippen molar-refractivity contribution in [2.75, 3.05) is 13.2 Å². The molecule has 4 aromatic carbocycles. The number of hydrogen-bond donors (Lipinski definition) is 0. The molecule has 0 atom stereocenters. The van der Waals surface area contributed by atoms with Crippen LogP contribution in [-0.4, -0.2) is 31.8 Å². The van der Waals surface area contributed by atoms with Crippen LogP contribution in [0.4, 0.5) is 0 Å². The van der Waals surface area contributed by atoms with Gasteiger partial charge in [-0.1, -0.05) is 72.8 Å². The lowest BCUT2D eigenvalue weighted by atomic mass is 9.98. The normalized spacial score (nSPS) is 11.5. The van der Waals surface area contributed by atoms with Crippen molar-refractivity contribution in [1.82, 2.24) is 4.31 Å². The fourth-order valence-electron chi connectivity index (χ4n) is 4.94. The van der Waals surface area contributed by atoms with E-state index in [0.717, 1.165) is 16.7 Å². The summed E-state index contributed by atoms with van der Waals surface area (Å²) in [5.74, 6) is -0.530. The second-order valence-corrected chi connectivity index (χ2v) is 11.8. The number of carbonyl (C=O) groups excluding carboxylic acids is 1. The van der Waals surface area contributed by atoms with Crippen LogP contribution in [0.25, 0.3) is 22.1 Å². The van der Waals surface area contributed by atoms with Crippen molar-refractivity contribution >= 4 is 27.0 Å². The first-order chi connectivity index (χ1) is 20.3. The zero-order valence-electron chi connectivity index (χ0n) is 23.4. The molecule has 0 aliphatic carbocycles. The smallest absolute Gasteiger partial charge is 0.374 e. The van der Waals surface area contributed by atoms with E-state index in [-0.39, 0.29) is 30.4 Å². The van der Waals surface area contributed by atoms with E-state index in [4.69, 9.17) is 9.15 Å². The lowest BCUT2D eigenvalue weighted by Crippen LogP contribution is -2.32. The summed E-state index contributed by atoms with van der Waals surface area (Å²) < 4.78 is 40.5. The number of esters is 1. The van der Waals surface area contributed by atoms with Gasteiger partial charge in [-0.05, 0) is 66.8 Å². The molecule has 0 saturated heterocycles. The van der Waals surface area contributed by atoms with Crippen LogP contribution in [0.2, 0.25) is 0 Å². The molecular formula is C34H30N2O5S. The van der Waals surface area contributed by atoms with Crippen LogP contribution in [0, 0.1) is 18.3 Å². The van der Waals surface area contributed by atoms with Gasteiger partial charge in [0.05, 0.1) is 23.1 Å². The van der Waals surface area contributed by atoms with Gasteiger partial charge in [-0.15, -0.1) is 0 Å². The molecule has 0 unspecified atom stereocenters. The maximum Gasteiger partial charge on any atom is 0.374 e. The standard InChI is InChI=1S/C34H30N2O5S/c1-3-40-34(37)33-24(2)31-21-29(15-17-32(31)41-33)42(38,39)36(19-18-25-10-6-4-7-11-25)23-26-14-16-30(28(20-26)22-35)27-12-8-5-9-13-27/h4-17,20-21H,3,18-19,23H2,1-2H3. The van der Waals surface area contributed by atoms with Crippen molar-refractivity contribution in [2.24, 2.45) is 0 Å². The maximum atomic E-state index is 14.1. The lowest BCUT2D eigenvalue weighted by molar-refractivity contribution is 0.0491. The average molecular weight is 579 g/mol. The minimum Gasteiger partial charge on any atom is -0.460 e. The molecule has 5 rings (SSSR count). The number of rotatable bonds is 10. The number of ether oxygens (including phenoxy) is 1. The van der Waals surface area contributed by atoms with E-state index in [9.17, 15) is 18.5 Å². The van der Waals surface area contributed by atoms with E-state index in [2.05, 4.69) is 6.07 Å². The molecule has 1 heterocycles. The van der Waals surface area contributed by atoms with Crippen molar-refractivity contribution < 1.29 is 22.4 Å². The highest BCUT2D eigenvalue weighted by molar-refractivity contribution is 7.89. The van der Waals surface area contributed by atoms with Crippen LogP contribution in [0.15, 0.2) is 106 Å². The van der Waals surface area contributed by atoms with Gasteiger partial charge in [0.1, 0.15) is 5.58 Å². The highest BCUT2D eigenvalue weighted by atomic mass is 32.2. The molecule has 0 fully saturated rings. The minimum absolute atomic E-state index is 0.0601. The average Bonchev–Trinajstić information content (AvgIpc) is 3.35. The summed E-state index contributed by atoms with van der Waals surface area (Å²) >= 11 is 0. The van der Waals surface area contributed by atoms with Crippen LogP contribution >= 0.6 is 0 Å². The molecule has 0 amide bonds. The van der Waals surface area contributed by atoms with Crippen LogP contribution in [0.1, 0.15) is 39.7 Å². The van der Waals surface area contributed by atoms with E-state index < -0.39 is 16.0 Å². The summed E-state index contributed by atoms with van der Waals surface area (Å²) in [4.78, 5) is 12.4. The van der Waals surface area contributed by atoms with E-state index in [0.29, 0.717) is 34.1 Å². The molecule has 0 radical (unpaired) electrons. The molecule has 0 saturated carbocycles. The van der Waals surface area contributed by atoms with Crippen molar-refractivity contribution in [1.29, 1.82) is 5.26 Å². The predicted molar refractivity (Wildman–Crippen MR) is 161 cm³/mol. The van der Waals surface area contributed by atoms with E-state index in [1.165, 1.54) is 10.4 Å².